The normalized spacial score (nSPS) is 11.3. The molecule has 5 heteroatoms. The third-order valence-electron chi connectivity index (χ3n) is 2.67. The lowest BCUT2D eigenvalue weighted by atomic mass is 10.2. The van der Waals surface area contributed by atoms with Gasteiger partial charge in [-0.15, -0.1) is 11.3 Å². The summed E-state index contributed by atoms with van der Waals surface area (Å²) in [6, 6.07) is 5.96. The summed E-state index contributed by atoms with van der Waals surface area (Å²) < 4.78 is 1.02. The van der Waals surface area contributed by atoms with Crippen molar-refractivity contribution in [3.63, 3.8) is 0 Å². The van der Waals surface area contributed by atoms with Crippen molar-refractivity contribution < 1.29 is 4.79 Å². The number of fused-ring (bicyclic) bond motifs is 1. The number of hydrazone groups is 1. The van der Waals surface area contributed by atoms with Crippen molar-refractivity contribution in [2.45, 2.75) is 26.7 Å². The molecule has 2 rings (SSSR count). The van der Waals surface area contributed by atoms with Crippen LogP contribution < -0.4 is 5.43 Å². The van der Waals surface area contributed by atoms with Gasteiger partial charge in [0.1, 0.15) is 4.88 Å². The summed E-state index contributed by atoms with van der Waals surface area (Å²) in [4.78, 5) is 12.5. The van der Waals surface area contributed by atoms with Crippen LogP contribution in [0.5, 0.6) is 0 Å². The second-order valence-electron chi connectivity index (χ2n) is 4.29. The summed E-state index contributed by atoms with van der Waals surface area (Å²) in [6.07, 6.45) is 3.55. The number of aryl methyl sites for hydroxylation is 1. The molecule has 1 aromatic carbocycles. The van der Waals surface area contributed by atoms with Crippen LogP contribution in [0.2, 0.25) is 5.02 Å². The van der Waals surface area contributed by atoms with Crippen LogP contribution in [0.3, 0.4) is 0 Å². The number of benzene rings is 1. The maximum atomic E-state index is 12.0. The lowest BCUT2D eigenvalue weighted by Gasteiger charge is -1.96. The molecule has 1 amide bonds. The highest BCUT2D eigenvalue weighted by Crippen LogP contribution is 2.35. The minimum atomic E-state index is -0.254. The van der Waals surface area contributed by atoms with Crippen LogP contribution in [0.4, 0.5) is 0 Å². The number of thiophene rings is 1. The highest BCUT2D eigenvalue weighted by molar-refractivity contribution is 7.21. The van der Waals surface area contributed by atoms with Crippen molar-refractivity contribution in [1.82, 2.24) is 5.43 Å². The number of amides is 1. The van der Waals surface area contributed by atoms with Crippen LogP contribution in [0, 0.1) is 6.92 Å². The van der Waals surface area contributed by atoms with E-state index in [4.69, 9.17) is 11.6 Å². The van der Waals surface area contributed by atoms with Gasteiger partial charge in [-0.2, -0.15) is 5.10 Å². The van der Waals surface area contributed by atoms with Gasteiger partial charge >= 0.3 is 0 Å². The maximum absolute atomic E-state index is 12.0. The fourth-order valence-corrected chi connectivity index (χ4v) is 3.17. The molecule has 0 unspecified atom stereocenters. The van der Waals surface area contributed by atoms with Crippen molar-refractivity contribution in [2.24, 2.45) is 5.10 Å². The minimum absolute atomic E-state index is 0.254. The van der Waals surface area contributed by atoms with Gasteiger partial charge in [-0.1, -0.05) is 37.1 Å². The Bertz CT molecular complexity index is 634. The van der Waals surface area contributed by atoms with Crippen LogP contribution >= 0.6 is 22.9 Å². The van der Waals surface area contributed by atoms with Gasteiger partial charge in [0.15, 0.2) is 0 Å². The molecule has 0 saturated heterocycles. The van der Waals surface area contributed by atoms with Crippen LogP contribution in [0.1, 0.15) is 35.0 Å². The Morgan fingerprint density at radius 2 is 2.32 bits per heavy atom. The Morgan fingerprint density at radius 3 is 3.05 bits per heavy atom. The number of nitrogens with zero attached hydrogens (tertiary/aromatic N) is 1. The van der Waals surface area contributed by atoms with Crippen molar-refractivity contribution in [3.8, 4) is 0 Å². The van der Waals surface area contributed by atoms with E-state index in [9.17, 15) is 4.79 Å². The van der Waals surface area contributed by atoms with E-state index in [1.54, 1.807) is 6.21 Å². The molecule has 0 aliphatic carbocycles. The molecular weight excluding hydrogens is 280 g/mol. The van der Waals surface area contributed by atoms with Gasteiger partial charge < -0.3 is 0 Å². The number of carbonyl (C=O) groups excluding carboxylic acids is 1. The molecule has 1 heterocycles. The summed E-state index contributed by atoms with van der Waals surface area (Å²) in [5.41, 5.74) is 3.66. The van der Waals surface area contributed by atoms with Gasteiger partial charge in [0.05, 0.1) is 5.02 Å². The van der Waals surface area contributed by atoms with E-state index in [0.717, 1.165) is 28.5 Å². The molecule has 0 radical (unpaired) electrons. The van der Waals surface area contributed by atoms with Crippen LogP contribution in [0.25, 0.3) is 10.1 Å². The van der Waals surface area contributed by atoms with Gasteiger partial charge in [-0.3, -0.25) is 4.79 Å². The molecule has 0 aliphatic rings. The number of nitrogens with one attached hydrogen (secondary N) is 1. The topological polar surface area (TPSA) is 41.5 Å². The van der Waals surface area contributed by atoms with Crippen LogP contribution in [-0.2, 0) is 0 Å². The van der Waals surface area contributed by atoms with E-state index in [0.29, 0.717) is 9.90 Å². The molecule has 1 aromatic heterocycles. The first kappa shape index (κ1) is 14.0. The van der Waals surface area contributed by atoms with Gasteiger partial charge in [0, 0.05) is 16.3 Å². The zero-order valence-corrected chi connectivity index (χ0v) is 12.4. The molecule has 19 heavy (non-hydrogen) atoms. The molecule has 0 bridgehead atoms. The highest BCUT2D eigenvalue weighted by atomic mass is 35.5. The quantitative estimate of drug-likeness (QED) is 0.660. The van der Waals surface area contributed by atoms with Gasteiger partial charge in [-0.05, 0) is 25.0 Å². The first-order valence-corrected chi connectivity index (χ1v) is 7.33. The monoisotopic (exact) mass is 294 g/mol. The molecule has 2 aromatic rings. The smallest absolute Gasteiger partial charge is 0.266 e. The molecule has 0 atom stereocenters. The van der Waals surface area contributed by atoms with Gasteiger partial charge in [0.25, 0.3) is 5.91 Å². The number of hydrogen-bond donors (Lipinski definition) is 1. The van der Waals surface area contributed by atoms with Gasteiger partial charge in [0.2, 0.25) is 0 Å². The van der Waals surface area contributed by atoms with E-state index in [2.05, 4.69) is 17.5 Å². The average Bonchev–Trinajstić information content (AvgIpc) is 2.71. The van der Waals surface area contributed by atoms with Crippen molar-refractivity contribution >= 4 is 45.1 Å². The van der Waals surface area contributed by atoms with Crippen LogP contribution in [-0.4, -0.2) is 12.1 Å². The molecular formula is C14H15ClN2OS. The zero-order valence-electron chi connectivity index (χ0n) is 10.9. The third kappa shape index (κ3) is 3.14. The number of carbonyl (C=O) groups is 1. The second-order valence-corrected chi connectivity index (χ2v) is 5.72. The fourth-order valence-electron chi connectivity index (χ4n) is 1.67. The molecule has 1 N–H and O–H groups in total. The minimum Gasteiger partial charge on any atom is -0.266 e. The Balaban J connectivity index is 2.25. The Labute approximate surface area is 121 Å². The van der Waals surface area contributed by atoms with Crippen molar-refractivity contribution in [1.29, 1.82) is 0 Å². The number of halogens is 1. The summed E-state index contributed by atoms with van der Waals surface area (Å²) >= 11 is 7.63. The third-order valence-corrected chi connectivity index (χ3v) is 4.32. The molecule has 100 valence electrons. The molecule has 0 saturated carbocycles. The second kappa shape index (κ2) is 6.17. The van der Waals surface area contributed by atoms with E-state index in [1.807, 2.05) is 25.1 Å². The van der Waals surface area contributed by atoms with Crippen molar-refractivity contribution in [3.05, 3.63) is 33.7 Å². The van der Waals surface area contributed by atoms with E-state index in [1.165, 1.54) is 11.3 Å². The largest absolute Gasteiger partial charge is 0.282 e. The number of hydrogen-bond acceptors (Lipinski definition) is 3. The standard InChI is InChI=1S/C14H15ClN2OS/c1-3-4-7-16-17-14(18)13-12(15)10-6-5-9(2)8-11(10)19-13/h5-8H,3-4H2,1-2H3,(H,17,18). The average molecular weight is 295 g/mol. The first-order chi connectivity index (χ1) is 9.13. The fraction of sp³-hybridized carbons (Fsp3) is 0.286. The van der Waals surface area contributed by atoms with Crippen molar-refractivity contribution in [2.75, 3.05) is 0 Å². The highest BCUT2D eigenvalue weighted by Gasteiger charge is 2.16. The zero-order chi connectivity index (χ0) is 13.8. The summed E-state index contributed by atoms with van der Waals surface area (Å²) in [7, 11) is 0. The first-order valence-electron chi connectivity index (χ1n) is 6.14. The van der Waals surface area contributed by atoms with E-state index < -0.39 is 0 Å². The molecule has 3 nitrogen and oxygen atoms in total. The molecule has 0 fully saturated rings. The lowest BCUT2D eigenvalue weighted by Crippen LogP contribution is -2.16. The summed E-state index contributed by atoms with van der Waals surface area (Å²) in [5, 5.41) is 5.31. The number of rotatable bonds is 4. The Hall–Kier alpha value is -1.39. The number of unbranched alkanes of at least 4 members (excludes halogenated alkanes) is 1. The maximum Gasteiger partial charge on any atom is 0.282 e. The SMILES string of the molecule is CCCC=NNC(=O)c1sc2cc(C)ccc2c1Cl. The van der Waals surface area contributed by atoms with E-state index >= 15 is 0 Å². The molecule has 0 aliphatic heterocycles. The predicted octanol–water partition coefficient (Wildman–Crippen LogP) is 4.38. The lowest BCUT2D eigenvalue weighted by molar-refractivity contribution is 0.0959. The predicted molar refractivity (Wildman–Crippen MR) is 82.4 cm³/mol. The Kier molecular flexibility index (Phi) is 4.56. The van der Waals surface area contributed by atoms with Crippen LogP contribution in [0.15, 0.2) is 23.3 Å². The summed E-state index contributed by atoms with van der Waals surface area (Å²) in [6.45, 7) is 4.07. The van der Waals surface area contributed by atoms with E-state index in [-0.39, 0.29) is 5.91 Å². The Morgan fingerprint density at radius 1 is 1.53 bits per heavy atom. The summed E-state index contributed by atoms with van der Waals surface area (Å²) in [5.74, 6) is -0.254. The van der Waals surface area contributed by atoms with Gasteiger partial charge in [-0.25, -0.2) is 5.43 Å². The molecule has 0 spiro atoms.